The molecule has 6 nitrogen and oxygen atoms in total. The van der Waals surface area contributed by atoms with Crippen LogP contribution in [-0.4, -0.2) is 26.0 Å². The van der Waals surface area contributed by atoms with Crippen LogP contribution in [0.1, 0.15) is 6.92 Å². The second-order valence-electron chi connectivity index (χ2n) is 5.53. The van der Waals surface area contributed by atoms with Gasteiger partial charge in [-0.05, 0) is 31.2 Å². The Morgan fingerprint density at radius 1 is 1.22 bits per heavy atom. The van der Waals surface area contributed by atoms with Crippen LogP contribution in [0.4, 0.5) is 14.5 Å². The van der Waals surface area contributed by atoms with Crippen LogP contribution >= 0.6 is 23.4 Å². The standard InChI is InChI=1S/C17H14ClF2N5OS/c1-9(16(26)22-10-6-7-13(19)14(20)8-10)27-17-24-23-15(25(17)21)11-4-2-3-5-12(11)18/h2-9H,21H2,1H3,(H,22,26)/t9-/m0/s1. The lowest BCUT2D eigenvalue weighted by atomic mass is 10.2. The van der Waals surface area contributed by atoms with Crippen LogP contribution in [0, 0.1) is 11.6 Å². The van der Waals surface area contributed by atoms with Crippen molar-refractivity contribution in [2.24, 2.45) is 0 Å². The highest BCUT2D eigenvalue weighted by Gasteiger charge is 2.21. The van der Waals surface area contributed by atoms with Gasteiger partial charge in [-0.2, -0.15) is 0 Å². The van der Waals surface area contributed by atoms with Crippen LogP contribution in [0.3, 0.4) is 0 Å². The third kappa shape index (κ3) is 4.20. The number of rotatable bonds is 5. The van der Waals surface area contributed by atoms with Crippen molar-refractivity contribution in [1.82, 2.24) is 14.9 Å². The average Bonchev–Trinajstić information content (AvgIpc) is 2.99. The van der Waals surface area contributed by atoms with Crippen molar-refractivity contribution in [3.63, 3.8) is 0 Å². The summed E-state index contributed by atoms with van der Waals surface area (Å²) in [6, 6.07) is 10.2. The van der Waals surface area contributed by atoms with E-state index in [0.717, 1.165) is 23.9 Å². The van der Waals surface area contributed by atoms with E-state index in [-0.39, 0.29) is 5.69 Å². The number of nitrogens with zero attached hydrogens (tertiary/aromatic N) is 3. The predicted molar refractivity (Wildman–Crippen MR) is 101 cm³/mol. The van der Waals surface area contributed by atoms with Crippen molar-refractivity contribution in [2.75, 3.05) is 11.2 Å². The van der Waals surface area contributed by atoms with Gasteiger partial charge in [-0.25, -0.2) is 13.5 Å². The average molecular weight is 410 g/mol. The molecule has 0 bridgehead atoms. The fourth-order valence-electron chi connectivity index (χ4n) is 2.21. The lowest BCUT2D eigenvalue weighted by molar-refractivity contribution is -0.115. The minimum absolute atomic E-state index is 0.150. The third-order valence-corrected chi connectivity index (χ3v) is 5.00. The number of nitrogen functional groups attached to an aromatic ring is 1. The summed E-state index contributed by atoms with van der Waals surface area (Å²) >= 11 is 7.21. The first-order valence-corrected chi connectivity index (χ1v) is 9.00. The van der Waals surface area contributed by atoms with Crippen LogP contribution in [0.2, 0.25) is 5.02 Å². The summed E-state index contributed by atoms with van der Waals surface area (Å²) in [6.45, 7) is 1.63. The van der Waals surface area contributed by atoms with E-state index in [9.17, 15) is 13.6 Å². The molecule has 0 aliphatic rings. The van der Waals surface area contributed by atoms with Gasteiger partial charge < -0.3 is 11.2 Å². The Morgan fingerprint density at radius 2 is 1.96 bits per heavy atom. The van der Waals surface area contributed by atoms with E-state index < -0.39 is 22.8 Å². The maximum atomic E-state index is 13.2. The molecule has 0 spiro atoms. The lowest BCUT2D eigenvalue weighted by Gasteiger charge is -2.12. The molecule has 0 saturated carbocycles. The highest BCUT2D eigenvalue weighted by Crippen LogP contribution is 2.29. The Labute approximate surface area is 162 Å². The summed E-state index contributed by atoms with van der Waals surface area (Å²) in [5, 5.41) is 10.7. The molecule has 10 heteroatoms. The van der Waals surface area contributed by atoms with Gasteiger partial charge in [-0.15, -0.1) is 10.2 Å². The van der Waals surface area contributed by atoms with Gasteiger partial charge in [0.15, 0.2) is 17.5 Å². The van der Waals surface area contributed by atoms with Gasteiger partial charge in [0, 0.05) is 17.3 Å². The fraction of sp³-hybridized carbons (Fsp3) is 0.118. The molecule has 3 aromatic rings. The summed E-state index contributed by atoms with van der Waals surface area (Å²) in [5.74, 6) is 3.94. The van der Waals surface area contributed by atoms with Gasteiger partial charge >= 0.3 is 0 Å². The molecule has 140 valence electrons. The summed E-state index contributed by atoms with van der Waals surface area (Å²) in [4.78, 5) is 12.3. The largest absolute Gasteiger partial charge is 0.335 e. The quantitative estimate of drug-likeness (QED) is 0.495. The van der Waals surface area contributed by atoms with Gasteiger partial charge in [0.05, 0.1) is 10.3 Å². The first kappa shape index (κ1) is 19.1. The normalized spacial score (nSPS) is 12.0. The molecule has 2 aromatic carbocycles. The smallest absolute Gasteiger partial charge is 0.237 e. The summed E-state index contributed by atoms with van der Waals surface area (Å²) in [7, 11) is 0. The maximum absolute atomic E-state index is 13.2. The van der Waals surface area contributed by atoms with E-state index in [1.165, 1.54) is 10.7 Å². The van der Waals surface area contributed by atoms with E-state index >= 15 is 0 Å². The maximum Gasteiger partial charge on any atom is 0.237 e. The molecule has 3 rings (SSSR count). The zero-order chi connectivity index (χ0) is 19.6. The molecule has 1 heterocycles. The van der Waals surface area contributed by atoms with Crippen molar-refractivity contribution >= 4 is 35.0 Å². The lowest BCUT2D eigenvalue weighted by Crippen LogP contribution is -2.23. The van der Waals surface area contributed by atoms with E-state index in [1.807, 2.05) is 0 Å². The molecule has 1 atom stereocenters. The zero-order valence-electron chi connectivity index (χ0n) is 14.0. The van der Waals surface area contributed by atoms with Crippen LogP contribution in [0.25, 0.3) is 11.4 Å². The monoisotopic (exact) mass is 409 g/mol. The number of carbonyl (C=O) groups is 1. The Balaban J connectivity index is 1.72. The van der Waals surface area contributed by atoms with Crippen molar-refractivity contribution in [3.05, 3.63) is 59.1 Å². The number of benzene rings is 2. The molecule has 0 saturated heterocycles. The van der Waals surface area contributed by atoms with Crippen molar-refractivity contribution in [1.29, 1.82) is 0 Å². The van der Waals surface area contributed by atoms with Gasteiger partial charge in [0.25, 0.3) is 0 Å². The van der Waals surface area contributed by atoms with Crippen molar-refractivity contribution in [2.45, 2.75) is 17.3 Å². The molecular weight excluding hydrogens is 396 g/mol. The molecule has 1 aromatic heterocycles. The summed E-state index contributed by atoms with van der Waals surface area (Å²) in [5.41, 5.74) is 0.761. The molecule has 1 amide bonds. The number of hydrogen-bond donors (Lipinski definition) is 2. The second kappa shape index (κ2) is 7.93. The molecule has 27 heavy (non-hydrogen) atoms. The SMILES string of the molecule is C[C@H](Sc1nnc(-c2ccccc2Cl)n1N)C(=O)Nc1ccc(F)c(F)c1. The van der Waals surface area contributed by atoms with E-state index in [4.69, 9.17) is 17.4 Å². The number of thioether (sulfide) groups is 1. The molecular formula is C17H14ClF2N5OS. The minimum Gasteiger partial charge on any atom is -0.335 e. The molecule has 3 N–H and O–H groups in total. The van der Waals surface area contributed by atoms with Gasteiger partial charge in [0.2, 0.25) is 11.1 Å². The molecule has 0 fully saturated rings. The van der Waals surface area contributed by atoms with Gasteiger partial charge in [-0.3, -0.25) is 4.79 Å². The predicted octanol–water partition coefficient (Wildman–Crippen LogP) is 3.71. The minimum atomic E-state index is -1.04. The number of nitrogens with one attached hydrogen (secondary N) is 1. The van der Waals surface area contributed by atoms with Crippen LogP contribution < -0.4 is 11.2 Å². The third-order valence-electron chi connectivity index (χ3n) is 3.62. The van der Waals surface area contributed by atoms with E-state index in [0.29, 0.717) is 21.6 Å². The summed E-state index contributed by atoms with van der Waals surface area (Å²) < 4.78 is 27.5. The van der Waals surface area contributed by atoms with Crippen LogP contribution in [-0.2, 0) is 4.79 Å². The molecule has 0 radical (unpaired) electrons. The number of anilines is 1. The topological polar surface area (TPSA) is 85.8 Å². The number of halogens is 3. The number of amides is 1. The van der Waals surface area contributed by atoms with E-state index in [2.05, 4.69) is 15.5 Å². The first-order valence-electron chi connectivity index (χ1n) is 7.74. The Morgan fingerprint density at radius 3 is 2.67 bits per heavy atom. The number of nitrogens with two attached hydrogens (primary N) is 1. The Kier molecular flexibility index (Phi) is 5.62. The van der Waals surface area contributed by atoms with Gasteiger partial charge in [0.1, 0.15) is 0 Å². The number of carbonyl (C=O) groups excluding carboxylic acids is 1. The van der Waals surface area contributed by atoms with Gasteiger partial charge in [-0.1, -0.05) is 35.5 Å². The van der Waals surface area contributed by atoms with Crippen LogP contribution in [0.5, 0.6) is 0 Å². The second-order valence-corrected chi connectivity index (χ2v) is 7.25. The van der Waals surface area contributed by atoms with Crippen molar-refractivity contribution in [3.8, 4) is 11.4 Å². The zero-order valence-corrected chi connectivity index (χ0v) is 15.6. The Hall–Kier alpha value is -2.65. The molecule has 0 unspecified atom stereocenters. The number of hydrogen-bond acceptors (Lipinski definition) is 5. The number of aromatic nitrogens is 3. The van der Waals surface area contributed by atoms with Crippen LogP contribution in [0.15, 0.2) is 47.6 Å². The van der Waals surface area contributed by atoms with E-state index in [1.54, 1.807) is 31.2 Å². The molecule has 0 aliphatic carbocycles. The molecule has 0 aliphatic heterocycles. The van der Waals surface area contributed by atoms with Crippen molar-refractivity contribution < 1.29 is 13.6 Å². The fourth-order valence-corrected chi connectivity index (χ4v) is 3.20. The Bertz CT molecular complexity index is 997. The highest BCUT2D eigenvalue weighted by atomic mass is 35.5. The highest BCUT2D eigenvalue weighted by molar-refractivity contribution is 8.00. The first-order chi connectivity index (χ1) is 12.9. The summed E-state index contributed by atoms with van der Waals surface area (Å²) in [6.07, 6.45) is 0.